The molecule has 3 N–H and O–H groups in total. The zero-order chi connectivity index (χ0) is 34.5. The van der Waals surface area contributed by atoms with Gasteiger partial charge in [0, 0.05) is 24.2 Å². The van der Waals surface area contributed by atoms with Crippen molar-refractivity contribution in [3.63, 3.8) is 0 Å². The van der Waals surface area contributed by atoms with Crippen molar-refractivity contribution in [1.82, 2.24) is 19.8 Å². The third kappa shape index (κ3) is 8.23. The summed E-state index contributed by atoms with van der Waals surface area (Å²) < 4.78 is 19.5. The molecule has 13 heteroatoms. The number of aromatic amines is 1. The van der Waals surface area contributed by atoms with Crippen LogP contribution in [0.4, 0.5) is 0 Å². The van der Waals surface area contributed by atoms with Crippen LogP contribution < -0.4 is 21.3 Å². The fourth-order valence-electron chi connectivity index (χ4n) is 6.44. The van der Waals surface area contributed by atoms with Gasteiger partial charge in [-0.1, -0.05) is 61.7 Å². The Balaban J connectivity index is 1.35. The van der Waals surface area contributed by atoms with Crippen molar-refractivity contribution in [2.45, 2.75) is 82.6 Å². The third-order valence-electron chi connectivity index (χ3n) is 9.02. The molecule has 12 nitrogen and oxygen atoms in total. The predicted octanol–water partition coefficient (Wildman–Crippen LogP) is 4.76. The number of hydrogen-bond donors (Lipinski definition) is 3. The minimum atomic E-state index is -1.16. The van der Waals surface area contributed by atoms with Gasteiger partial charge in [0.15, 0.2) is 10.4 Å². The Morgan fingerprint density at radius 1 is 1.08 bits per heavy atom. The molecule has 1 aliphatic carbocycles. The normalized spacial score (nSPS) is 20.1. The highest BCUT2D eigenvalue weighted by molar-refractivity contribution is 9.10. The number of aryl methyl sites for hydroxylation is 1. The van der Waals surface area contributed by atoms with Crippen LogP contribution in [-0.4, -0.2) is 56.2 Å². The van der Waals surface area contributed by atoms with Crippen LogP contribution in [-0.2, 0) is 16.1 Å². The van der Waals surface area contributed by atoms with Crippen molar-refractivity contribution in [3.05, 3.63) is 121 Å². The van der Waals surface area contributed by atoms with Crippen LogP contribution in [0.2, 0.25) is 0 Å². The zero-order valence-electron chi connectivity index (χ0n) is 27.0. The second-order valence-corrected chi connectivity index (χ2v) is 13.3. The molecule has 4 aromatic rings. The average molecular weight is 736 g/mol. The number of carbonyl (C=O) groups excluding carboxylic acids is 2. The number of carbonyl (C=O) groups is 2. The quantitative estimate of drug-likeness (QED) is 0.199. The summed E-state index contributed by atoms with van der Waals surface area (Å²) in [6, 6.07) is 18.6. The van der Waals surface area contributed by atoms with Gasteiger partial charge in [0.05, 0.1) is 12.6 Å². The smallest absolute Gasteiger partial charge is 0.330 e. The van der Waals surface area contributed by atoms with Crippen molar-refractivity contribution < 1.29 is 28.6 Å². The van der Waals surface area contributed by atoms with E-state index in [-0.39, 0.29) is 30.7 Å². The van der Waals surface area contributed by atoms with E-state index in [1.165, 1.54) is 21.7 Å². The predicted molar refractivity (Wildman–Crippen MR) is 183 cm³/mol. The molecule has 1 saturated carbocycles. The van der Waals surface area contributed by atoms with Gasteiger partial charge in [0.1, 0.15) is 30.7 Å². The van der Waals surface area contributed by atoms with Crippen molar-refractivity contribution >= 4 is 27.7 Å². The third-order valence-corrected chi connectivity index (χ3v) is 9.44. The highest BCUT2D eigenvalue weighted by atomic mass is 79.9. The number of furan rings is 1. The number of nitrogens with one attached hydrogen (secondary N) is 2. The lowest BCUT2D eigenvalue weighted by molar-refractivity contribution is -0.128. The van der Waals surface area contributed by atoms with E-state index in [0.29, 0.717) is 28.2 Å². The molecule has 258 valence electrons. The number of nitrogens with zero attached hydrogens (tertiary/aromatic N) is 2. The van der Waals surface area contributed by atoms with Gasteiger partial charge in [0.2, 0.25) is 5.91 Å². The van der Waals surface area contributed by atoms with Crippen LogP contribution in [0, 0.1) is 6.92 Å². The highest BCUT2D eigenvalue weighted by Crippen LogP contribution is 2.33. The van der Waals surface area contributed by atoms with E-state index in [1.54, 1.807) is 37.3 Å². The number of aliphatic hydroxyl groups is 1. The lowest BCUT2D eigenvalue weighted by atomic mass is 9.94. The van der Waals surface area contributed by atoms with E-state index in [0.717, 1.165) is 37.7 Å². The minimum absolute atomic E-state index is 0.0182. The number of amides is 2. The molecule has 2 aliphatic rings. The molecule has 2 aromatic heterocycles. The van der Waals surface area contributed by atoms with Crippen LogP contribution in [0.5, 0.6) is 5.75 Å². The van der Waals surface area contributed by atoms with E-state index >= 15 is 0 Å². The van der Waals surface area contributed by atoms with Crippen molar-refractivity contribution in [3.8, 4) is 5.75 Å². The molecule has 49 heavy (non-hydrogen) atoms. The summed E-state index contributed by atoms with van der Waals surface area (Å²) >= 11 is 3.27. The Hall–Kier alpha value is -4.46. The summed E-state index contributed by atoms with van der Waals surface area (Å²) in [6.45, 7) is 1.65. The summed E-state index contributed by atoms with van der Waals surface area (Å²) in [4.78, 5) is 56.9. The van der Waals surface area contributed by atoms with Gasteiger partial charge in [-0.05, 0) is 71.1 Å². The number of H-pyrrole nitrogens is 1. The summed E-state index contributed by atoms with van der Waals surface area (Å²) in [7, 11) is 0. The minimum Gasteiger partial charge on any atom is -0.489 e. The van der Waals surface area contributed by atoms with Crippen LogP contribution in [0.3, 0.4) is 0 Å². The van der Waals surface area contributed by atoms with Gasteiger partial charge in [-0.3, -0.25) is 23.9 Å². The van der Waals surface area contributed by atoms with E-state index < -0.39 is 41.6 Å². The number of hydrogen-bond acceptors (Lipinski definition) is 8. The van der Waals surface area contributed by atoms with Gasteiger partial charge in [-0.15, -0.1) is 0 Å². The first-order valence-electron chi connectivity index (χ1n) is 16.4. The molecule has 2 fully saturated rings. The Labute approximate surface area is 291 Å². The number of aromatic nitrogens is 2. The summed E-state index contributed by atoms with van der Waals surface area (Å²) in [5.41, 5.74) is 0.571. The first-order chi connectivity index (χ1) is 23.7. The Bertz CT molecular complexity index is 1880. The maximum atomic E-state index is 14.4. The maximum Gasteiger partial charge on any atom is 0.330 e. The molecule has 2 aromatic carbocycles. The maximum absolute atomic E-state index is 14.4. The SMILES string of the molecule is Cc1cn([C@H]2C[C@H](O)[C@@H](CN(C(=O)c3ccc(Br)o3)C(C(=O)NC3CCCCC3)c3cccc(OCc4ccccc4)c3)O2)c(=O)[nH]c1=O. The Morgan fingerprint density at radius 3 is 2.59 bits per heavy atom. The van der Waals surface area contributed by atoms with Crippen molar-refractivity contribution in [1.29, 1.82) is 0 Å². The van der Waals surface area contributed by atoms with Gasteiger partial charge >= 0.3 is 5.69 Å². The van der Waals surface area contributed by atoms with E-state index in [2.05, 4.69) is 26.2 Å². The standard InChI is InChI=1S/C36H39BrN4O8/c1-22-19-40(36(46)39-33(22)43)31-18-27(42)29(49-31)20-41(35(45)28-15-16-30(37)48-28)32(34(44)38-25-12-6-3-7-13-25)24-11-8-14-26(17-24)47-21-23-9-4-2-5-10-23/h2,4-5,8-11,14-17,19,25,27,29,31-32,42H,3,6-7,12-13,18,20-21H2,1H3,(H,38,44)(H,39,43,46)/t27-,29+,31+,32?/m0/s1. The Morgan fingerprint density at radius 2 is 1.86 bits per heavy atom. The fourth-order valence-corrected chi connectivity index (χ4v) is 6.74. The average Bonchev–Trinajstić information content (AvgIpc) is 3.70. The van der Waals surface area contributed by atoms with Crippen LogP contribution in [0.25, 0.3) is 0 Å². The largest absolute Gasteiger partial charge is 0.489 e. The second-order valence-electron chi connectivity index (χ2n) is 12.6. The van der Waals surface area contributed by atoms with Crippen LogP contribution in [0.15, 0.2) is 91.6 Å². The first-order valence-corrected chi connectivity index (χ1v) is 17.2. The molecular formula is C36H39BrN4O8. The van der Waals surface area contributed by atoms with Crippen molar-refractivity contribution in [2.75, 3.05) is 6.54 Å². The number of aliphatic hydroxyl groups excluding tert-OH is 1. The second kappa shape index (κ2) is 15.4. The van der Waals surface area contributed by atoms with Gasteiger partial charge in [0.25, 0.3) is 11.5 Å². The van der Waals surface area contributed by atoms with Gasteiger partial charge < -0.3 is 29.2 Å². The number of rotatable bonds is 11. The van der Waals surface area contributed by atoms with Crippen LogP contribution >= 0.6 is 15.9 Å². The molecule has 3 heterocycles. The van der Waals surface area contributed by atoms with Crippen molar-refractivity contribution in [2.24, 2.45) is 0 Å². The molecule has 1 aliphatic heterocycles. The molecular weight excluding hydrogens is 696 g/mol. The molecule has 1 unspecified atom stereocenters. The fraction of sp³-hybridized carbons (Fsp3) is 0.389. The number of ether oxygens (including phenoxy) is 2. The molecule has 2 amide bonds. The number of halogens is 1. The lowest BCUT2D eigenvalue weighted by Crippen LogP contribution is -2.50. The van der Waals surface area contributed by atoms with Crippen LogP contribution in [0.1, 0.15) is 78.0 Å². The summed E-state index contributed by atoms with van der Waals surface area (Å²) in [5, 5.41) is 14.4. The highest BCUT2D eigenvalue weighted by Gasteiger charge is 2.42. The first kappa shape index (κ1) is 34.4. The molecule has 4 atom stereocenters. The van der Waals surface area contributed by atoms with E-state index in [4.69, 9.17) is 13.9 Å². The van der Waals surface area contributed by atoms with Gasteiger partial charge in [-0.2, -0.15) is 0 Å². The van der Waals surface area contributed by atoms with E-state index in [9.17, 15) is 24.3 Å². The molecule has 1 saturated heterocycles. The Kier molecular flexibility index (Phi) is 10.8. The lowest BCUT2D eigenvalue weighted by Gasteiger charge is -2.35. The van der Waals surface area contributed by atoms with Gasteiger partial charge in [-0.25, -0.2) is 4.79 Å². The zero-order valence-corrected chi connectivity index (χ0v) is 28.6. The summed E-state index contributed by atoms with van der Waals surface area (Å²) in [6.07, 6.45) is 3.14. The molecule has 0 bridgehead atoms. The molecule has 0 spiro atoms. The topological polar surface area (TPSA) is 156 Å². The molecule has 0 radical (unpaired) electrons. The van der Waals surface area contributed by atoms with E-state index in [1.807, 2.05) is 30.3 Å². The monoisotopic (exact) mass is 734 g/mol. The summed E-state index contributed by atoms with van der Waals surface area (Å²) in [5.74, 6) is -0.491. The molecule has 6 rings (SSSR count). The number of benzene rings is 2.